The van der Waals surface area contributed by atoms with Crippen molar-refractivity contribution in [3.8, 4) is 5.69 Å². The summed E-state index contributed by atoms with van der Waals surface area (Å²) in [7, 11) is 0. The number of hydrogen-bond donors (Lipinski definition) is 1. The maximum absolute atomic E-state index is 13.4. The van der Waals surface area contributed by atoms with Crippen LogP contribution in [0.5, 0.6) is 0 Å². The van der Waals surface area contributed by atoms with Crippen molar-refractivity contribution >= 4 is 22.8 Å². The molecule has 0 saturated heterocycles. The van der Waals surface area contributed by atoms with E-state index in [0.29, 0.717) is 34.8 Å². The topological polar surface area (TPSA) is 108 Å². The number of nitrogens with zero attached hydrogens (tertiary/aromatic N) is 6. The van der Waals surface area contributed by atoms with Gasteiger partial charge < -0.3 is 9.78 Å². The molecule has 0 unspecified atom stereocenters. The van der Waals surface area contributed by atoms with Crippen LogP contribution in [0.3, 0.4) is 0 Å². The minimum atomic E-state index is -0.374. The van der Waals surface area contributed by atoms with Gasteiger partial charge in [-0.3, -0.25) is 19.5 Å². The predicted molar refractivity (Wildman–Crippen MR) is 140 cm³/mol. The van der Waals surface area contributed by atoms with E-state index >= 15 is 0 Å². The molecule has 0 aliphatic carbocycles. The van der Waals surface area contributed by atoms with Crippen molar-refractivity contribution in [3.63, 3.8) is 0 Å². The van der Waals surface area contributed by atoms with Crippen molar-refractivity contribution in [1.29, 1.82) is 0 Å². The molecule has 3 heterocycles. The molecule has 37 heavy (non-hydrogen) atoms. The Kier molecular flexibility index (Phi) is 7.87. The van der Waals surface area contributed by atoms with Gasteiger partial charge in [0, 0.05) is 28.2 Å². The molecule has 0 radical (unpaired) electrons. The van der Waals surface area contributed by atoms with E-state index in [1.807, 2.05) is 68.4 Å². The van der Waals surface area contributed by atoms with Gasteiger partial charge in [0.2, 0.25) is 17.5 Å². The average Bonchev–Trinajstić information content (AvgIpc) is 3.19. The molecule has 0 aliphatic heterocycles. The van der Waals surface area contributed by atoms with Gasteiger partial charge in [-0.1, -0.05) is 48.5 Å². The number of rotatable bonds is 4. The molecule has 0 saturated carbocycles. The largest absolute Gasteiger partial charge is 1.00 e. The second-order valence-electron chi connectivity index (χ2n) is 8.44. The van der Waals surface area contributed by atoms with Crippen LogP contribution in [0, 0.1) is 20.8 Å². The van der Waals surface area contributed by atoms with Gasteiger partial charge in [0.1, 0.15) is 0 Å². The van der Waals surface area contributed by atoms with E-state index in [9.17, 15) is 9.59 Å². The molecule has 0 atom stereocenters. The number of aromatic nitrogens is 5. The summed E-state index contributed by atoms with van der Waals surface area (Å²) in [6, 6.07) is 22.0. The molecule has 2 aromatic carbocycles. The van der Waals surface area contributed by atoms with Crippen LogP contribution in [-0.4, -0.2) is 25.2 Å². The Balaban J connectivity index is 0.00000320. The number of aliphatic imine (C=N–C) groups is 1. The molecule has 0 amide bonds. The number of para-hydroxylation sites is 1. The standard InChI is InChI=1S/C27H25N7O2.Na/c1-17-14-18(2)30-26(29-17)31-27(28-16-20-10-6-4-7-11-20)33-19(3)24-22(15-23(33)35)32-34(25(24)36)21-12-8-5-9-13-21;/h4-15H,16H2,1-3H3,(H2,28,29,30,31,32,35);/q;+1/p-1. The average molecular weight is 502 g/mol. The Bertz CT molecular complexity index is 1680. The molecule has 0 bridgehead atoms. The fraction of sp³-hybridized carbons (Fsp3) is 0.148. The second kappa shape index (κ2) is 11.1. The number of nitrogens with one attached hydrogen (secondary N) is 1. The van der Waals surface area contributed by atoms with Crippen LogP contribution in [0.1, 0.15) is 22.6 Å². The first-order valence-electron chi connectivity index (χ1n) is 11.5. The molecule has 3 aromatic heterocycles. The van der Waals surface area contributed by atoms with Crippen molar-refractivity contribution in [2.75, 3.05) is 5.32 Å². The smallest absolute Gasteiger partial charge is 0.587 e. The number of hydrogen-bond acceptors (Lipinski definition) is 5. The molecule has 10 heteroatoms. The number of pyridine rings is 1. The van der Waals surface area contributed by atoms with Crippen LogP contribution in [0.25, 0.3) is 16.6 Å². The molecule has 1 N–H and O–H groups in total. The van der Waals surface area contributed by atoms with E-state index in [2.05, 4.69) is 20.4 Å². The first-order chi connectivity index (χ1) is 17.4. The van der Waals surface area contributed by atoms with Crippen molar-refractivity contribution < 1.29 is 29.6 Å². The quantitative estimate of drug-likeness (QED) is 0.216. The summed E-state index contributed by atoms with van der Waals surface area (Å²) in [5.74, 6) is 0.535. The predicted octanol–water partition coefficient (Wildman–Crippen LogP) is 0.345. The van der Waals surface area contributed by atoms with Crippen LogP contribution in [-0.2, 0) is 6.54 Å². The Morgan fingerprint density at radius 3 is 2.19 bits per heavy atom. The molecule has 5 aromatic rings. The summed E-state index contributed by atoms with van der Waals surface area (Å²) in [5, 5.41) is 7.87. The van der Waals surface area contributed by atoms with Crippen LogP contribution in [0.4, 0.5) is 5.95 Å². The van der Waals surface area contributed by atoms with Gasteiger partial charge >= 0.3 is 29.6 Å². The summed E-state index contributed by atoms with van der Waals surface area (Å²) in [4.78, 5) is 40.3. The van der Waals surface area contributed by atoms with E-state index in [0.717, 1.165) is 17.0 Å². The van der Waals surface area contributed by atoms with Gasteiger partial charge in [0.15, 0.2) is 0 Å². The van der Waals surface area contributed by atoms with E-state index < -0.39 is 0 Å². The van der Waals surface area contributed by atoms with E-state index in [-0.39, 0.29) is 46.6 Å². The molecular weight excluding hydrogens is 477 g/mol. The van der Waals surface area contributed by atoms with Crippen LogP contribution < -0.4 is 51.1 Å². The fourth-order valence-electron chi connectivity index (χ4n) is 4.12. The Labute approximate surface area is 235 Å². The second-order valence-corrected chi connectivity index (χ2v) is 8.44. The monoisotopic (exact) mass is 501 g/mol. The molecule has 5 rings (SSSR count). The fourth-order valence-corrected chi connectivity index (χ4v) is 4.12. The molecule has 9 nitrogen and oxygen atoms in total. The number of aryl methyl sites for hydroxylation is 3. The number of anilines is 1. The zero-order chi connectivity index (χ0) is 25.2. The minimum absolute atomic E-state index is 0. The summed E-state index contributed by atoms with van der Waals surface area (Å²) in [5.41, 5.74) is 3.20. The SMILES string of the molecule is Cc1cc(C)nc(NC(=NCc2ccccc2)n2c(C)c3c(=O)n(-c4ccccc4)[n-]c3cc2=O)n1.[Na+]. The minimum Gasteiger partial charge on any atom is -0.587 e. The van der Waals surface area contributed by atoms with Crippen LogP contribution in [0.15, 0.2) is 87.4 Å². The normalized spacial score (nSPS) is 11.4. The van der Waals surface area contributed by atoms with Gasteiger partial charge in [0.25, 0.3) is 5.56 Å². The molecule has 0 fully saturated rings. The molecular formula is C27H24N7NaO2. The first kappa shape index (κ1) is 26.3. The third-order valence-electron chi connectivity index (χ3n) is 5.72. The number of benzene rings is 2. The van der Waals surface area contributed by atoms with Gasteiger partial charge in [-0.05, 0) is 50.6 Å². The van der Waals surface area contributed by atoms with E-state index in [4.69, 9.17) is 4.99 Å². The van der Waals surface area contributed by atoms with Gasteiger partial charge in [0.05, 0.1) is 6.54 Å². The van der Waals surface area contributed by atoms with Crippen molar-refractivity contribution in [1.82, 2.24) is 24.3 Å². The van der Waals surface area contributed by atoms with Crippen LogP contribution in [0.2, 0.25) is 0 Å². The Hall–Kier alpha value is -3.79. The molecule has 0 aliphatic rings. The third-order valence-corrected chi connectivity index (χ3v) is 5.72. The summed E-state index contributed by atoms with van der Waals surface area (Å²) < 4.78 is 2.69. The summed E-state index contributed by atoms with van der Waals surface area (Å²) >= 11 is 0. The first-order valence-corrected chi connectivity index (χ1v) is 11.5. The molecule has 0 spiro atoms. The maximum atomic E-state index is 13.4. The summed E-state index contributed by atoms with van der Waals surface area (Å²) in [6.07, 6.45) is 0. The van der Waals surface area contributed by atoms with E-state index in [1.54, 1.807) is 19.1 Å². The van der Waals surface area contributed by atoms with Gasteiger partial charge in [-0.2, -0.15) is 0 Å². The van der Waals surface area contributed by atoms with Gasteiger partial charge in [-0.15, -0.1) is 5.52 Å². The zero-order valence-electron chi connectivity index (χ0n) is 21.1. The number of fused-ring (bicyclic) bond motifs is 1. The maximum Gasteiger partial charge on any atom is 1.00 e. The van der Waals surface area contributed by atoms with Crippen molar-refractivity contribution in [2.24, 2.45) is 4.99 Å². The Morgan fingerprint density at radius 2 is 1.54 bits per heavy atom. The van der Waals surface area contributed by atoms with Crippen molar-refractivity contribution in [3.05, 3.63) is 116 Å². The van der Waals surface area contributed by atoms with Crippen molar-refractivity contribution in [2.45, 2.75) is 27.3 Å². The van der Waals surface area contributed by atoms with Crippen LogP contribution >= 0.6 is 0 Å². The van der Waals surface area contributed by atoms with E-state index in [1.165, 1.54) is 15.3 Å². The Morgan fingerprint density at radius 1 is 0.919 bits per heavy atom. The molecule has 180 valence electrons. The zero-order valence-corrected chi connectivity index (χ0v) is 23.1. The summed E-state index contributed by atoms with van der Waals surface area (Å²) in [6.45, 7) is 5.76. The van der Waals surface area contributed by atoms with Gasteiger partial charge in [-0.25, -0.2) is 15.0 Å². The third kappa shape index (κ3) is 5.48.